The Balaban J connectivity index is 2.86. The van der Waals surface area contributed by atoms with Crippen molar-refractivity contribution < 1.29 is 14.3 Å². The van der Waals surface area contributed by atoms with E-state index in [1.807, 2.05) is 26.0 Å². The molecule has 0 aliphatic rings. The zero-order chi connectivity index (χ0) is 12.0. The molecule has 0 amide bonds. The fourth-order valence-corrected chi connectivity index (χ4v) is 1.28. The van der Waals surface area contributed by atoms with E-state index < -0.39 is 0 Å². The second kappa shape index (κ2) is 5.95. The molecule has 16 heavy (non-hydrogen) atoms. The first-order chi connectivity index (χ1) is 7.63. The summed E-state index contributed by atoms with van der Waals surface area (Å²) < 4.78 is 10.6. The summed E-state index contributed by atoms with van der Waals surface area (Å²) in [6.45, 7) is 5.27. The van der Waals surface area contributed by atoms with Gasteiger partial charge in [-0.15, -0.1) is 0 Å². The highest BCUT2D eigenvalue weighted by Crippen LogP contribution is 2.28. The van der Waals surface area contributed by atoms with E-state index in [4.69, 9.17) is 9.47 Å². The Morgan fingerprint density at radius 3 is 2.25 bits per heavy atom. The normalized spacial score (nSPS) is 11.1. The number of carbonyl (C=O) groups is 1. The lowest BCUT2D eigenvalue weighted by molar-refractivity contribution is -0.132. The molecule has 0 atom stereocenters. The maximum atomic E-state index is 10.9. The number of benzene rings is 1. The van der Waals surface area contributed by atoms with Crippen LogP contribution in [0.15, 0.2) is 36.1 Å². The third kappa shape index (κ3) is 3.77. The van der Waals surface area contributed by atoms with Gasteiger partial charge in [-0.2, -0.15) is 0 Å². The summed E-state index contributed by atoms with van der Waals surface area (Å²) in [7, 11) is 0. The SMILES string of the molecule is CC/C=C(\C)Oc1ccccc1OC(C)=O. The van der Waals surface area contributed by atoms with E-state index in [9.17, 15) is 4.79 Å². The van der Waals surface area contributed by atoms with Crippen LogP contribution in [0.4, 0.5) is 0 Å². The first-order valence-electron chi connectivity index (χ1n) is 5.25. The van der Waals surface area contributed by atoms with Crippen LogP contribution in [0, 0.1) is 0 Å². The maximum absolute atomic E-state index is 10.9. The van der Waals surface area contributed by atoms with Gasteiger partial charge >= 0.3 is 5.97 Å². The second-order valence-electron chi connectivity index (χ2n) is 3.37. The molecule has 0 N–H and O–H groups in total. The van der Waals surface area contributed by atoms with E-state index in [1.165, 1.54) is 6.92 Å². The van der Waals surface area contributed by atoms with E-state index in [1.54, 1.807) is 18.2 Å². The number of hydrogen-bond donors (Lipinski definition) is 0. The number of para-hydroxylation sites is 2. The van der Waals surface area contributed by atoms with Crippen LogP contribution in [0.2, 0.25) is 0 Å². The molecule has 86 valence electrons. The Hall–Kier alpha value is -1.77. The minimum absolute atomic E-state index is 0.354. The average molecular weight is 220 g/mol. The molecule has 3 heteroatoms. The Labute approximate surface area is 95.7 Å². The van der Waals surface area contributed by atoms with Gasteiger partial charge in [0, 0.05) is 6.92 Å². The van der Waals surface area contributed by atoms with Gasteiger partial charge in [0.1, 0.15) is 0 Å². The standard InChI is InChI=1S/C13H16O3/c1-4-7-10(2)15-12-8-5-6-9-13(12)16-11(3)14/h5-9H,4H2,1-3H3/b10-7+. The summed E-state index contributed by atoms with van der Waals surface area (Å²) in [5.41, 5.74) is 0. The highest BCUT2D eigenvalue weighted by Gasteiger charge is 2.06. The largest absolute Gasteiger partial charge is 0.458 e. The third-order valence-electron chi connectivity index (χ3n) is 1.87. The molecule has 0 aliphatic heterocycles. The van der Waals surface area contributed by atoms with Crippen molar-refractivity contribution in [1.82, 2.24) is 0 Å². The minimum atomic E-state index is -0.354. The van der Waals surface area contributed by atoms with E-state index in [2.05, 4.69) is 0 Å². The van der Waals surface area contributed by atoms with Crippen molar-refractivity contribution in [3.63, 3.8) is 0 Å². The molecule has 0 fully saturated rings. The first-order valence-corrected chi connectivity index (χ1v) is 5.25. The van der Waals surface area contributed by atoms with Crippen molar-refractivity contribution in [2.75, 3.05) is 0 Å². The summed E-state index contributed by atoms with van der Waals surface area (Å²) in [6, 6.07) is 7.10. The van der Waals surface area contributed by atoms with Crippen LogP contribution in [0.25, 0.3) is 0 Å². The Kier molecular flexibility index (Phi) is 4.58. The van der Waals surface area contributed by atoms with E-state index >= 15 is 0 Å². The number of esters is 1. The lowest BCUT2D eigenvalue weighted by Gasteiger charge is -2.10. The molecule has 0 saturated carbocycles. The number of rotatable bonds is 4. The van der Waals surface area contributed by atoms with Gasteiger partial charge < -0.3 is 9.47 Å². The molecule has 1 aromatic rings. The van der Waals surface area contributed by atoms with E-state index in [0.717, 1.165) is 12.2 Å². The van der Waals surface area contributed by atoms with Gasteiger partial charge in [-0.25, -0.2) is 0 Å². The summed E-state index contributed by atoms with van der Waals surface area (Å²) in [4.78, 5) is 10.9. The quantitative estimate of drug-likeness (QED) is 0.443. The third-order valence-corrected chi connectivity index (χ3v) is 1.87. The number of carbonyl (C=O) groups excluding carboxylic acids is 1. The fraction of sp³-hybridized carbons (Fsp3) is 0.308. The topological polar surface area (TPSA) is 35.5 Å². The maximum Gasteiger partial charge on any atom is 0.308 e. The molecule has 1 rings (SSSR count). The van der Waals surface area contributed by atoms with Gasteiger partial charge in [0.2, 0.25) is 0 Å². The van der Waals surface area contributed by atoms with Gasteiger partial charge in [-0.1, -0.05) is 19.1 Å². The Morgan fingerprint density at radius 2 is 1.75 bits per heavy atom. The van der Waals surface area contributed by atoms with Crippen LogP contribution in [0.1, 0.15) is 27.2 Å². The van der Waals surface area contributed by atoms with Crippen LogP contribution < -0.4 is 9.47 Å². The van der Waals surface area contributed by atoms with Crippen LogP contribution in [-0.4, -0.2) is 5.97 Å². The van der Waals surface area contributed by atoms with Crippen molar-refractivity contribution in [2.24, 2.45) is 0 Å². The number of ether oxygens (including phenoxy) is 2. The molecule has 0 unspecified atom stereocenters. The second-order valence-corrected chi connectivity index (χ2v) is 3.37. The van der Waals surface area contributed by atoms with Gasteiger partial charge in [-0.05, 0) is 31.6 Å². The molecule has 3 nitrogen and oxygen atoms in total. The monoisotopic (exact) mass is 220 g/mol. The lowest BCUT2D eigenvalue weighted by Crippen LogP contribution is -2.03. The van der Waals surface area contributed by atoms with Gasteiger partial charge in [-0.3, -0.25) is 4.79 Å². The van der Waals surface area contributed by atoms with E-state index in [0.29, 0.717) is 11.5 Å². The molecule has 0 radical (unpaired) electrons. The number of hydrogen-bond acceptors (Lipinski definition) is 3. The molecule has 0 heterocycles. The molecule has 0 saturated heterocycles. The van der Waals surface area contributed by atoms with Crippen LogP contribution in [0.3, 0.4) is 0 Å². The molecule has 0 aromatic heterocycles. The van der Waals surface area contributed by atoms with Crippen LogP contribution >= 0.6 is 0 Å². The molecular weight excluding hydrogens is 204 g/mol. The first kappa shape index (κ1) is 12.3. The smallest absolute Gasteiger partial charge is 0.308 e. The van der Waals surface area contributed by atoms with Gasteiger partial charge in [0.25, 0.3) is 0 Å². The molecule has 0 bridgehead atoms. The van der Waals surface area contributed by atoms with Gasteiger partial charge in [0.05, 0.1) is 5.76 Å². The van der Waals surface area contributed by atoms with Crippen molar-refractivity contribution in [2.45, 2.75) is 27.2 Å². The van der Waals surface area contributed by atoms with Crippen molar-refractivity contribution in [3.05, 3.63) is 36.1 Å². The zero-order valence-corrected chi connectivity index (χ0v) is 9.82. The zero-order valence-electron chi connectivity index (χ0n) is 9.82. The highest BCUT2D eigenvalue weighted by molar-refractivity contribution is 5.70. The molecule has 1 aromatic carbocycles. The summed E-state index contributed by atoms with van der Waals surface area (Å²) in [6.07, 6.45) is 2.87. The van der Waals surface area contributed by atoms with Crippen molar-refractivity contribution >= 4 is 5.97 Å². The van der Waals surface area contributed by atoms with Crippen LogP contribution in [-0.2, 0) is 4.79 Å². The predicted molar refractivity (Wildman–Crippen MR) is 62.4 cm³/mol. The predicted octanol–water partition coefficient (Wildman–Crippen LogP) is 3.30. The Morgan fingerprint density at radius 1 is 1.19 bits per heavy atom. The number of allylic oxidation sites excluding steroid dienone is 2. The Bertz CT molecular complexity index is 394. The molecule has 0 aliphatic carbocycles. The van der Waals surface area contributed by atoms with Crippen molar-refractivity contribution in [1.29, 1.82) is 0 Å². The summed E-state index contributed by atoms with van der Waals surface area (Å²) >= 11 is 0. The molecule has 0 spiro atoms. The highest BCUT2D eigenvalue weighted by atomic mass is 16.6. The minimum Gasteiger partial charge on any atom is -0.458 e. The molecular formula is C13H16O3. The lowest BCUT2D eigenvalue weighted by atomic mass is 10.3. The summed E-state index contributed by atoms with van der Waals surface area (Å²) in [5, 5.41) is 0. The fourth-order valence-electron chi connectivity index (χ4n) is 1.28. The summed E-state index contributed by atoms with van der Waals surface area (Å²) in [5.74, 6) is 1.44. The van der Waals surface area contributed by atoms with Gasteiger partial charge in [0.15, 0.2) is 11.5 Å². The average Bonchev–Trinajstić information content (AvgIpc) is 2.20. The van der Waals surface area contributed by atoms with E-state index in [-0.39, 0.29) is 5.97 Å². The van der Waals surface area contributed by atoms with Crippen LogP contribution in [0.5, 0.6) is 11.5 Å². The van der Waals surface area contributed by atoms with Crippen molar-refractivity contribution in [3.8, 4) is 11.5 Å².